The number of amides is 1. The van der Waals surface area contributed by atoms with Gasteiger partial charge in [0.05, 0.1) is 12.5 Å². The molecule has 3 rings (SSSR count). The summed E-state index contributed by atoms with van der Waals surface area (Å²) in [4.78, 5) is 25.6. The van der Waals surface area contributed by atoms with Crippen molar-refractivity contribution in [2.75, 3.05) is 25.0 Å². The molecule has 1 aromatic carbocycles. The molecule has 1 aliphatic heterocycles. The summed E-state index contributed by atoms with van der Waals surface area (Å²) in [6.07, 6.45) is 1.16. The van der Waals surface area contributed by atoms with Gasteiger partial charge in [-0.15, -0.1) is 0 Å². The lowest BCUT2D eigenvalue weighted by Gasteiger charge is -2.31. The quantitative estimate of drug-likeness (QED) is 0.593. The van der Waals surface area contributed by atoms with E-state index in [9.17, 15) is 18.0 Å². The number of piperidine rings is 1. The number of hydrogen-bond acceptors (Lipinski definition) is 5. The monoisotopic (exact) mass is 489 g/mol. The van der Waals surface area contributed by atoms with Crippen LogP contribution in [0.3, 0.4) is 0 Å². The van der Waals surface area contributed by atoms with E-state index in [4.69, 9.17) is 4.74 Å². The van der Waals surface area contributed by atoms with Gasteiger partial charge in [0.2, 0.25) is 15.9 Å². The summed E-state index contributed by atoms with van der Waals surface area (Å²) in [5.74, 6) is -0.946. The van der Waals surface area contributed by atoms with E-state index in [0.717, 1.165) is 0 Å². The highest BCUT2D eigenvalue weighted by Crippen LogP contribution is 2.32. The van der Waals surface area contributed by atoms with Gasteiger partial charge in [0.15, 0.2) is 0 Å². The minimum absolute atomic E-state index is 0.0312. The second-order valence-corrected chi connectivity index (χ2v) is 11.0. The molecule has 2 heterocycles. The average Bonchev–Trinajstić information content (AvgIpc) is 3.04. The van der Waals surface area contributed by atoms with Crippen molar-refractivity contribution in [2.45, 2.75) is 58.3 Å². The molecule has 0 radical (unpaired) electrons. The Labute approximate surface area is 202 Å². The van der Waals surface area contributed by atoms with E-state index in [1.807, 2.05) is 24.3 Å². The van der Waals surface area contributed by atoms with Crippen molar-refractivity contribution < 1.29 is 22.7 Å². The molecule has 0 bridgehead atoms. The van der Waals surface area contributed by atoms with Gasteiger partial charge in [0, 0.05) is 37.2 Å². The SMILES string of the molecule is CCOC(=O)c1c(S(=O)(=O)N2CCC[C@@H](C(=O)Nc3ccc(C(C)C)cc3)C2)c(C)n(C)c1C. The standard InChI is InChI=1S/C25H35N3O5S/c1-7-33-25(30)22-17(4)27(6)18(5)23(22)34(31,32)28-14-8-9-20(15-28)24(29)26-21-12-10-19(11-13-21)16(2)3/h10-13,16,20H,7-9,14-15H2,1-6H3,(H,26,29)/t20-/m1/s1. The summed E-state index contributed by atoms with van der Waals surface area (Å²) in [6, 6.07) is 7.70. The highest BCUT2D eigenvalue weighted by Gasteiger charge is 2.39. The molecule has 1 saturated heterocycles. The summed E-state index contributed by atoms with van der Waals surface area (Å²) in [5.41, 5.74) is 2.94. The van der Waals surface area contributed by atoms with Crippen molar-refractivity contribution in [1.82, 2.24) is 8.87 Å². The molecule has 8 nitrogen and oxygen atoms in total. The van der Waals surface area contributed by atoms with Crippen molar-refractivity contribution in [3.63, 3.8) is 0 Å². The van der Waals surface area contributed by atoms with Crippen molar-refractivity contribution in [3.05, 3.63) is 46.8 Å². The maximum atomic E-state index is 13.7. The number of carbonyl (C=O) groups excluding carboxylic acids is 2. The lowest BCUT2D eigenvalue weighted by atomic mass is 9.98. The van der Waals surface area contributed by atoms with Gasteiger partial charge in [0.1, 0.15) is 10.5 Å². The largest absolute Gasteiger partial charge is 0.462 e. The van der Waals surface area contributed by atoms with Gasteiger partial charge in [-0.05, 0) is 57.2 Å². The second kappa shape index (κ2) is 10.3. The first kappa shape index (κ1) is 26.0. The minimum Gasteiger partial charge on any atom is -0.462 e. The number of ether oxygens (including phenoxy) is 1. The number of esters is 1. The van der Waals surface area contributed by atoms with Crippen molar-refractivity contribution in [3.8, 4) is 0 Å². The molecule has 34 heavy (non-hydrogen) atoms. The third kappa shape index (κ3) is 5.05. The van der Waals surface area contributed by atoms with Gasteiger partial charge < -0.3 is 14.6 Å². The molecule has 0 saturated carbocycles. The van der Waals surface area contributed by atoms with Gasteiger partial charge in [-0.25, -0.2) is 13.2 Å². The van der Waals surface area contributed by atoms with Crippen LogP contribution in [0.25, 0.3) is 0 Å². The number of hydrogen-bond donors (Lipinski definition) is 1. The topological polar surface area (TPSA) is 97.7 Å². The molecule has 0 unspecified atom stereocenters. The number of benzene rings is 1. The van der Waals surface area contributed by atoms with Gasteiger partial charge in [0.25, 0.3) is 0 Å². The summed E-state index contributed by atoms with van der Waals surface area (Å²) in [7, 11) is -2.29. The molecule has 1 atom stereocenters. The van der Waals surface area contributed by atoms with Gasteiger partial charge in [-0.1, -0.05) is 26.0 Å². The maximum absolute atomic E-state index is 13.7. The molecule has 1 N–H and O–H groups in total. The van der Waals surface area contributed by atoms with Gasteiger partial charge in [-0.2, -0.15) is 4.31 Å². The molecule has 2 aromatic rings. The molecule has 186 valence electrons. The summed E-state index contributed by atoms with van der Waals surface area (Å²) < 4.78 is 35.6. The first-order chi connectivity index (χ1) is 16.0. The van der Waals surface area contributed by atoms with Crippen LogP contribution in [0.4, 0.5) is 5.69 Å². The van der Waals surface area contributed by atoms with Crippen LogP contribution in [0.2, 0.25) is 0 Å². The maximum Gasteiger partial charge on any atom is 0.341 e. The van der Waals surface area contributed by atoms with Gasteiger partial charge >= 0.3 is 5.97 Å². The lowest BCUT2D eigenvalue weighted by molar-refractivity contribution is -0.120. The predicted molar refractivity (Wildman–Crippen MR) is 131 cm³/mol. The van der Waals surface area contributed by atoms with Crippen LogP contribution < -0.4 is 5.32 Å². The van der Waals surface area contributed by atoms with Crippen LogP contribution in [-0.4, -0.2) is 48.9 Å². The fourth-order valence-corrected chi connectivity index (χ4v) is 6.38. The van der Waals surface area contributed by atoms with Crippen LogP contribution in [0.5, 0.6) is 0 Å². The smallest absolute Gasteiger partial charge is 0.341 e. The molecule has 0 spiro atoms. The lowest BCUT2D eigenvalue weighted by Crippen LogP contribution is -2.44. The Morgan fingerprint density at radius 1 is 1.15 bits per heavy atom. The number of nitrogens with one attached hydrogen (secondary N) is 1. The molecule has 1 aliphatic rings. The average molecular weight is 490 g/mol. The van der Waals surface area contributed by atoms with E-state index >= 15 is 0 Å². The van der Waals surface area contributed by atoms with Crippen LogP contribution in [-0.2, 0) is 26.6 Å². The number of anilines is 1. The summed E-state index contributed by atoms with van der Waals surface area (Å²) in [6.45, 7) is 9.78. The fraction of sp³-hybridized carbons (Fsp3) is 0.520. The van der Waals surface area contributed by atoms with Crippen molar-refractivity contribution in [1.29, 1.82) is 0 Å². The summed E-state index contributed by atoms with van der Waals surface area (Å²) >= 11 is 0. The molecule has 1 aromatic heterocycles. The Morgan fingerprint density at radius 2 is 1.79 bits per heavy atom. The Balaban J connectivity index is 1.84. The minimum atomic E-state index is -4.01. The molecular formula is C25H35N3O5S. The Kier molecular flexibility index (Phi) is 7.88. The highest BCUT2D eigenvalue weighted by molar-refractivity contribution is 7.89. The first-order valence-corrected chi connectivity index (χ1v) is 13.2. The number of sulfonamides is 1. The number of aromatic nitrogens is 1. The zero-order valence-electron chi connectivity index (χ0n) is 20.8. The van der Waals surface area contributed by atoms with E-state index in [1.165, 1.54) is 9.87 Å². The third-order valence-electron chi connectivity index (χ3n) is 6.60. The van der Waals surface area contributed by atoms with Crippen molar-refractivity contribution >= 4 is 27.6 Å². The van der Waals surface area contributed by atoms with E-state index in [0.29, 0.717) is 42.4 Å². The van der Waals surface area contributed by atoms with Crippen molar-refractivity contribution in [2.24, 2.45) is 13.0 Å². The van der Waals surface area contributed by atoms with Crippen LogP contribution >= 0.6 is 0 Å². The zero-order valence-corrected chi connectivity index (χ0v) is 21.7. The second-order valence-electron chi connectivity index (χ2n) is 9.12. The molecule has 1 fully saturated rings. The number of nitrogens with zero attached hydrogens (tertiary/aromatic N) is 2. The van der Waals surface area contributed by atoms with E-state index in [-0.39, 0.29) is 29.5 Å². The number of rotatable bonds is 7. The fourth-order valence-electron chi connectivity index (χ4n) is 4.38. The summed E-state index contributed by atoms with van der Waals surface area (Å²) in [5, 5.41) is 2.92. The Morgan fingerprint density at radius 3 is 2.38 bits per heavy atom. The predicted octanol–water partition coefficient (Wildman–Crippen LogP) is 3.98. The van der Waals surface area contributed by atoms with Crippen LogP contribution in [0.1, 0.15) is 66.8 Å². The van der Waals surface area contributed by atoms with E-state index in [1.54, 1.807) is 32.4 Å². The Hall–Kier alpha value is -2.65. The van der Waals surface area contributed by atoms with Crippen LogP contribution in [0.15, 0.2) is 29.2 Å². The van der Waals surface area contributed by atoms with E-state index < -0.39 is 21.9 Å². The zero-order chi connectivity index (χ0) is 25.2. The van der Waals surface area contributed by atoms with Gasteiger partial charge in [-0.3, -0.25) is 4.79 Å². The van der Waals surface area contributed by atoms with E-state index in [2.05, 4.69) is 19.2 Å². The molecule has 0 aliphatic carbocycles. The highest BCUT2D eigenvalue weighted by atomic mass is 32.2. The Bertz CT molecular complexity index is 1170. The normalized spacial score (nSPS) is 17.1. The van der Waals surface area contributed by atoms with Crippen LogP contribution in [0, 0.1) is 19.8 Å². The molecule has 1 amide bonds. The number of carbonyl (C=O) groups is 2. The first-order valence-electron chi connectivity index (χ1n) is 11.7. The molecule has 9 heteroatoms. The molecular weight excluding hydrogens is 454 g/mol. The third-order valence-corrected chi connectivity index (χ3v) is 8.63.